The van der Waals surface area contributed by atoms with E-state index in [1.54, 1.807) is 7.11 Å². The van der Waals surface area contributed by atoms with Gasteiger partial charge in [-0.1, -0.05) is 26.7 Å². The fraction of sp³-hybridized carbons (Fsp3) is 0.944. The van der Waals surface area contributed by atoms with Gasteiger partial charge in [-0.2, -0.15) is 0 Å². The largest absolute Gasteiger partial charge is 0.385 e. The molecule has 0 radical (unpaired) electrons. The molecule has 2 fully saturated rings. The first-order valence-electron chi connectivity index (χ1n) is 9.07. The summed E-state index contributed by atoms with van der Waals surface area (Å²) in [5, 5.41) is 0. The highest BCUT2D eigenvalue weighted by atomic mass is 16.5. The van der Waals surface area contributed by atoms with Crippen LogP contribution >= 0.6 is 0 Å². The highest BCUT2D eigenvalue weighted by molar-refractivity contribution is 5.82. The molecule has 2 rings (SSSR count). The van der Waals surface area contributed by atoms with Crippen LogP contribution in [0.15, 0.2) is 0 Å². The Hall–Kier alpha value is -0.610. The van der Waals surface area contributed by atoms with Crippen LogP contribution in [-0.2, 0) is 9.53 Å². The number of nitrogens with zero attached hydrogens (tertiary/aromatic N) is 2. The maximum absolute atomic E-state index is 12.9. The number of hydrogen-bond donors (Lipinski definition) is 0. The molecule has 1 atom stereocenters. The van der Waals surface area contributed by atoms with Gasteiger partial charge in [0.05, 0.1) is 0 Å². The number of ether oxygens (including phenoxy) is 1. The Bertz CT molecular complexity index is 349. The van der Waals surface area contributed by atoms with Crippen LogP contribution in [-0.4, -0.2) is 61.6 Å². The van der Waals surface area contributed by atoms with Crippen LogP contribution in [0.4, 0.5) is 0 Å². The molecule has 0 N–H and O–H groups in total. The molecule has 2 aliphatic heterocycles. The van der Waals surface area contributed by atoms with Gasteiger partial charge >= 0.3 is 0 Å². The lowest BCUT2D eigenvalue weighted by Gasteiger charge is -2.41. The minimum absolute atomic E-state index is 0.309. The molecule has 0 aliphatic carbocycles. The third-order valence-electron chi connectivity index (χ3n) is 5.35. The number of hydrogen-bond acceptors (Lipinski definition) is 3. The molecule has 0 aromatic rings. The lowest BCUT2D eigenvalue weighted by Crippen LogP contribution is -2.53. The number of piperidine rings is 1. The lowest BCUT2D eigenvalue weighted by atomic mass is 9.87. The highest BCUT2D eigenvalue weighted by Crippen LogP contribution is 2.27. The molecule has 0 aromatic carbocycles. The summed E-state index contributed by atoms with van der Waals surface area (Å²) in [6.45, 7) is 9.07. The maximum Gasteiger partial charge on any atom is 0.228 e. The predicted octanol–water partition coefficient (Wildman–Crippen LogP) is 2.92. The van der Waals surface area contributed by atoms with E-state index in [-0.39, 0.29) is 5.41 Å². The SMILES string of the molecule is COCCC(C)(C)C(=O)N1CCCC(N2CCCCCC2)C1. The summed E-state index contributed by atoms with van der Waals surface area (Å²) in [4.78, 5) is 17.6. The van der Waals surface area contributed by atoms with Crippen molar-refractivity contribution in [3.8, 4) is 0 Å². The van der Waals surface area contributed by atoms with Crippen molar-refractivity contribution in [1.29, 1.82) is 0 Å². The normalized spacial score (nSPS) is 25.0. The van der Waals surface area contributed by atoms with Crippen molar-refractivity contribution in [3.63, 3.8) is 0 Å². The standard InChI is InChI=1S/C18H34N2O2/c1-18(2,10-14-22-3)17(21)20-13-8-9-16(15-20)19-11-6-4-5-7-12-19/h16H,4-15H2,1-3H3. The van der Waals surface area contributed by atoms with Crippen molar-refractivity contribution in [2.24, 2.45) is 5.41 Å². The number of likely N-dealkylation sites (tertiary alicyclic amines) is 2. The second-order valence-corrected chi connectivity index (χ2v) is 7.62. The van der Waals surface area contributed by atoms with Gasteiger partial charge in [0.1, 0.15) is 0 Å². The topological polar surface area (TPSA) is 32.8 Å². The van der Waals surface area contributed by atoms with Gasteiger partial charge in [-0.25, -0.2) is 0 Å². The summed E-state index contributed by atoms with van der Waals surface area (Å²) >= 11 is 0. The van der Waals surface area contributed by atoms with E-state index < -0.39 is 0 Å². The molecule has 0 saturated carbocycles. The Labute approximate surface area is 136 Å². The Morgan fingerprint density at radius 3 is 2.41 bits per heavy atom. The molecule has 2 heterocycles. The zero-order chi connectivity index (χ0) is 16.0. The molecule has 2 saturated heterocycles. The summed E-state index contributed by atoms with van der Waals surface area (Å²) in [7, 11) is 1.71. The van der Waals surface area contributed by atoms with Gasteiger partial charge in [0.25, 0.3) is 0 Å². The van der Waals surface area contributed by atoms with Crippen LogP contribution in [0.5, 0.6) is 0 Å². The molecule has 2 aliphatic rings. The number of methoxy groups -OCH3 is 1. The van der Waals surface area contributed by atoms with Crippen LogP contribution in [0.25, 0.3) is 0 Å². The Balaban J connectivity index is 1.92. The second-order valence-electron chi connectivity index (χ2n) is 7.62. The molecule has 22 heavy (non-hydrogen) atoms. The number of amides is 1. The van der Waals surface area contributed by atoms with Gasteiger partial charge in [-0.05, 0) is 45.2 Å². The fourth-order valence-electron chi connectivity index (χ4n) is 3.79. The summed E-state index contributed by atoms with van der Waals surface area (Å²) < 4.78 is 5.17. The summed E-state index contributed by atoms with van der Waals surface area (Å²) in [6.07, 6.45) is 8.59. The quantitative estimate of drug-likeness (QED) is 0.783. The van der Waals surface area contributed by atoms with E-state index in [2.05, 4.69) is 23.6 Å². The third-order valence-corrected chi connectivity index (χ3v) is 5.35. The smallest absolute Gasteiger partial charge is 0.228 e. The lowest BCUT2D eigenvalue weighted by molar-refractivity contribution is -0.143. The van der Waals surface area contributed by atoms with Gasteiger partial charge in [-0.3, -0.25) is 9.69 Å². The number of carbonyl (C=O) groups is 1. The van der Waals surface area contributed by atoms with E-state index in [0.717, 1.165) is 25.9 Å². The molecule has 1 amide bonds. The van der Waals surface area contributed by atoms with Crippen molar-refractivity contribution >= 4 is 5.91 Å². The van der Waals surface area contributed by atoms with Crippen molar-refractivity contribution in [3.05, 3.63) is 0 Å². The van der Waals surface area contributed by atoms with Crippen molar-refractivity contribution in [1.82, 2.24) is 9.80 Å². The Morgan fingerprint density at radius 2 is 1.77 bits per heavy atom. The van der Waals surface area contributed by atoms with Crippen LogP contribution in [0.1, 0.15) is 58.8 Å². The van der Waals surface area contributed by atoms with Crippen LogP contribution in [0.2, 0.25) is 0 Å². The summed E-state index contributed by atoms with van der Waals surface area (Å²) in [5.74, 6) is 0.309. The fourth-order valence-corrected chi connectivity index (χ4v) is 3.79. The van der Waals surface area contributed by atoms with Crippen LogP contribution in [0, 0.1) is 5.41 Å². The van der Waals surface area contributed by atoms with Gasteiger partial charge in [0.15, 0.2) is 0 Å². The summed E-state index contributed by atoms with van der Waals surface area (Å²) in [6, 6.07) is 0.578. The zero-order valence-corrected chi connectivity index (χ0v) is 14.8. The molecule has 128 valence electrons. The van der Waals surface area contributed by atoms with Gasteiger partial charge in [0, 0.05) is 38.3 Å². The molecule has 0 spiro atoms. The third kappa shape index (κ3) is 4.69. The minimum atomic E-state index is -0.309. The van der Waals surface area contributed by atoms with E-state index in [1.165, 1.54) is 45.2 Å². The Morgan fingerprint density at radius 1 is 1.09 bits per heavy atom. The summed E-state index contributed by atoms with van der Waals surface area (Å²) in [5.41, 5.74) is -0.309. The first-order chi connectivity index (χ1) is 10.5. The van der Waals surface area contributed by atoms with E-state index in [0.29, 0.717) is 18.6 Å². The van der Waals surface area contributed by atoms with Crippen molar-refractivity contribution in [2.45, 2.75) is 64.8 Å². The van der Waals surface area contributed by atoms with E-state index in [9.17, 15) is 4.79 Å². The average Bonchev–Trinajstić information content (AvgIpc) is 2.81. The second kappa shape index (κ2) is 8.30. The van der Waals surface area contributed by atoms with Crippen LogP contribution in [0.3, 0.4) is 0 Å². The maximum atomic E-state index is 12.9. The monoisotopic (exact) mass is 310 g/mol. The molecule has 1 unspecified atom stereocenters. The molecule has 0 bridgehead atoms. The molecule has 4 nitrogen and oxygen atoms in total. The molecule has 4 heteroatoms. The van der Waals surface area contributed by atoms with Gasteiger partial charge in [-0.15, -0.1) is 0 Å². The van der Waals surface area contributed by atoms with E-state index >= 15 is 0 Å². The Kier molecular flexibility index (Phi) is 6.69. The highest BCUT2D eigenvalue weighted by Gasteiger charge is 2.35. The molecule has 0 aromatic heterocycles. The predicted molar refractivity (Wildman–Crippen MR) is 89.9 cm³/mol. The van der Waals surface area contributed by atoms with E-state index in [4.69, 9.17) is 4.74 Å². The molecular formula is C18H34N2O2. The van der Waals surface area contributed by atoms with E-state index in [1.807, 2.05) is 0 Å². The zero-order valence-electron chi connectivity index (χ0n) is 14.8. The van der Waals surface area contributed by atoms with Crippen molar-refractivity contribution in [2.75, 3.05) is 39.9 Å². The number of carbonyl (C=O) groups excluding carboxylic acids is 1. The molecular weight excluding hydrogens is 276 g/mol. The first-order valence-corrected chi connectivity index (χ1v) is 9.07. The average molecular weight is 310 g/mol. The van der Waals surface area contributed by atoms with Crippen molar-refractivity contribution < 1.29 is 9.53 Å². The van der Waals surface area contributed by atoms with Gasteiger partial charge < -0.3 is 9.64 Å². The minimum Gasteiger partial charge on any atom is -0.385 e. The van der Waals surface area contributed by atoms with Gasteiger partial charge in [0.2, 0.25) is 5.91 Å². The number of rotatable bonds is 5. The van der Waals surface area contributed by atoms with Crippen LogP contribution < -0.4 is 0 Å². The first kappa shape index (κ1) is 17.7.